The van der Waals surface area contributed by atoms with E-state index in [1.54, 1.807) is 0 Å². The second kappa shape index (κ2) is 9.64. The molecule has 128 valence electrons. The van der Waals surface area contributed by atoms with Crippen LogP contribution in [0.15, 0.2) is 99.6 Å². The Labute approximate surface area is 150 Å². The van der Waals surface area contributed by atoms with E-state index in [1.807, 2.05) is 48.5 Å². The van der Waals surface area contributed by atoms with Gasteiger partial charge in [0.1, 0.15) is 5.82 Å². The van der Waals surface area contributed by atoms with Crippen molar-refractivity contribution < 1.29 is 14.3 Å². The molecule has 0 fully saturated rings. The Morgan fingerprint density at radius 3 is 1.52 bits per heavy atom. The van der Waals surface area contributed by atoms with Crippen LogP contribution in [0.5, 0.6) is 0 Å². The summed E-state index contributed by atoms with van der Waals surface area (Å²) < 4.78 is 13.2. The molecule has 0 N–H and O–H groups in total. The molecule has 0 aromatic heterocycles. The molecule has 4 heteroatoms. The molecule has 25 heavy (non-hydrogen) atoms. The number of benzene rings is 3. The van der Waals surface area contributed by atoms with Crippen LogP contribution in [0.1, 0.15) is 13.3 Å². The largest absolute Gasteiger partial charge is 0.550 e. The molecular formula is C21H19FO2S. The Kier molecular flexibility index (Phi) is 7.23. The van der Waals surface area contributed by atoms with Crippen molar-refractivity contribution in [2.75, 3.05) is 0 Å². The highest BCUT2D eigenvalue weighted by molar-refractivity contribution is 7.97. The zero-order chi connectivity index (χ0) is 18.1. The number of aliphatic carboxylic acids is 1. The van der Waals surface area contributed by atoms with Crippen molar-refractivity contribution in [3.8, 4) is 0 Å². The molecule has 0 heterocycles. The molecule has 3 aromatic rings. The number of carbonyl (C=O) groups excluding carboxylic acids is 1. The summed E-state index contributed by atoms with van der Waals surface area (Å²) in [5.74, 6) is -1.19. The average Bonchev–Trinajstić information content (AvgIpc) is 2.66. The molecule has 0 saturated carbocycles. The first-order valence-electron chi connectivity index (χ1n) is 7.91. The Bertz CT molecular complexity index is 735. The molecule has 0 bridgehead atoms. The first-order chi connectivity index (χ1) is 12.1. The third-order valence-corrected chi connectivity index (χ3v) is 5.53. The van der Waals surface area contributed by atoms with Crippen LogP contribution in [-0.2, 0) is 15.7 Å². The van der Waals surface area contributed by atoms with Crippen LogP contribution in [0.4, 0.5) is 4.39 Å². The summed E-state index contributed by atoms with van der Waals surface area (Å²) in [5, 5.41) is 9.26. The molecule has 0 aliphatic rings. The van der Waals surface area contributed by atoms with Crippen LogP contribution in [0.3, 0.4) is 0 Å². The van der Waals surface area contributed by atoms with Crippen molar-refractivity contribution in [2.45, 2.75) is 28.0 Å². The highest BCUT2D eigenvalue weighted by atomic mass is 32.2. The standard InChI is InChI=1S/C18H14FS.C3H6O2/c19-15-11-13-18(14-12-15)20(16-7-3-1-4-8-16)17-9-5-2-6-10-17;1-2-3(4)5/h1-14H;2H2,1H3,(H,4,5)/q+1;/p-1. The smallest absolute Gasteiger partial charge is 0.166 e. The summed E-state index contributed by atoms with van der Waals surface area (Å²) in [4.78, 5) is 12.9. The van der Waals surface area contributed by atoms with Gasteiger partial charge in [0, 0.05) is 5.97 Å². The molecular weight excluding hydrogens is 335 g/mol. The Balaban J connectivity index is 0.000000399. The zero-order valence-corrected chi connectivity index (χ0v) is 14.7. The topological polar surface area (TPSA) is 40.1 Å². The highest BCUT2D eigenvalue weighted by Crippen LogP contribution is 2.30. The van der Waals surface area contributed by atoms with Gasteiger partial charge in [0.05, 0.1) is 10.9 Å². The summed E-state index contributed by atoms with van der Waals surface area (Å²) in [5.41, 5.74) is 0. The fourth-order valence-electron chi connectivity index (χ4n) is 2.09. The van der Waals surface area contributed by atoms with Gasteiger partial charge in [0.2, 0.25) is 0 Å². The van der Waals surface area contributed by atoms with Crippen LogP contribution in [-0.4, -0.2) is 5.97 Å². The lowest BCUT2D eigenvalue weighted by Crippen LogP contribution is -2.19. The van der Waals surface area contributed by atoms with Gasteiger partial charge < -0.3 is 9.90 Å². The Morgan fingerprint density at radius 2 is 1.16 bits per heavy atom. The Morgan fingerprint density at radius 1 is 0.800 bits per heavy atom. The zero-order valence-electron chi connectivity index (χ0n) is 13.9. The number of hydrogen-bond donors (Lipinski definition) is 0. The van der Waals surface area contributed by atoms with Gasteiger partial charge >= 0.3 is 0 Å². The molecule has 0 spiro atoms. The van der Waals surface area contributed by atoms with Gasteiger partial charge in [-0.3, -0.25) is 0 Å². The quantitative estimate of drug-likeness (QED) is 0.663. The third kappa shape index (κ3) is 5.76. The van der Waals surface area contributed by atoms with Crippen LogP contribution < -0.4 is 5.11 Å². The molecule has 0 amide bonds. The molecule has 0 unspecified atom stereocenters. The lowest BCUT2D eigenvalue weighted by molar-refractivity contribution is -0.305. The molecule has 0 saturated heterocycles. The van der Waals surface area contributed by atoms with E-state index < -0.39 is 5.97 Å². The van der Waals surface area contributed by atoms with Crippen LogP contribution >= 0.6 is 0 Å². The number of carboxylic acid groups (broad SMARTS) is 1. The Hall–Kier alpha value is -2.59. The van der Waals surface area contributed by atoms with Gasteiger partial charge in [-0.2, -0.15) is 0 Å². The molecule has 2 nitrogen and oxygen atoms in total. The molecule has 3 rings (SSSR count). The summed E-state index contributed by atoms with van der Waals surface area (Å²) in [6.45, 7) is 1.54. The number of halogens is 1. The van der Waals surface area contributed by atoms with E-state index in [9.17, 15) is 14.3 Å². The predicted octanol–water partition coefficient (Wildman–Crippen LogP) is 4.07. The average molecular weight is 354 g/mol. The maximum Gasteiger partial charge on any atom is 0.166 e. The summed E-state index contributed by atoms with van der Waals surface area (Å²) in [6.07, 6.45) is 0.111. The van der Waals surface area contributed by atoms with Gasteiger partial charge in [-0.25, -0.2) is 4.39 Å². The van der Waals surface area contributed by atoms with E-state index in [0.29, 0.717) is 0 Å². The normalized spacial score (nSPS) is 10.0. The highest BCUT2D eigenvalue weighted by Gasteiger charge is 2.27. The minimum atomic E-state index is -0.995. The summed E-state index contributed by atoms with van der Waals surface area (Å²) in [7, 11) is -0.190. The van der Waals surface area contributed by atoms with Gasteiger partial charge in [0.25, 0.3) is 0 Å². The van der Waals surface area contributed by atoms with Crippen molar-refractivity contribution in [1.29, 1.82) is 0 Å². The van der Waals surface area contributed by atoms with Gasteiger partial charge in [0.15, 0.2) is 14.7 Å². The molecule has 0 radical (unpaired) electrons. The maximum atomic E-state index is 13.2. The molecule has 0 aliphatic carbocycles. The number of hydrogen-bond acceptors (Lipinski definition) is 2. The molecule has 0 atom stereocenters. The van der Waals surface area contributed by atoms with Gasteiger partial charge in [-0.05, 0) is 55.0 Å². The predicted molar refractivity (Wildman–Crippen MR) is 96.7 cm³/mol. The van der Waals surface area contributed by atoms with Crippen molar-refractivity contribution in [3.05, 3.63) is 90.7 Å². The van der Waals surface area contributed by atoms with Crippen molar-refractivity contribution in [3.63, 3.8) is 0 Å². The van der Waals surface area contributed by atoms with Crippen LogP contribution in [0.2, 0.25) is 0 Å². The minimum absolute atomic E-state index is 0.111. The summed E-state index contributed by atoms with van der Waals surface area (Å²) >= 11 is 0. The van der Waals surface area contributed by atoms with E-state index in [1.165, 1.54) is 28.8 Å². The monoisotopic (exact) mass is 354 g/mol. The van der Waals surface area contributed by atoms with Crippen LogP contribution in [0.25, 0.3) is 0 Å². The molecule has 3 aromatic carbocycles. The van der Waals surface area contributed by atoms with Crippen molar-refractivity contribution in [2.24, 2.45) is 0 Å². The molecule has 0 aliphatic heterocycles. The summed E-state index contributed by atoms with van der Waals surface area (Å²) in [6, 6.07) is 27.5. The van der Waals surface area contributed by atoms with Crippen LogP contribution in [0, 0.1) is 5.82 Å². The SMILES string of the molecule is CCC(=O)[O-].Fc1ccc([S+](c2ccccc2)c2ccccc2)cc1. The fraction of sp³-hybridized carbons (Fsp3) is 0.0952. The second-order valence-corrected chi connectivity index (χ2v) is 7.14. The van der Waals surface area contributed by atoms with Crippen molar-refractivity contribution >= 4 is 16.9 Å². The lowest BCUT2D eigenvalue weighted by Gasteiger charge is -2.07. The number of carbonyl (C=O) groups is 1. The van der Waals surface area contributed by atoms with Gasteiger partial charge in [-0.15, -0.1) is 0 Å². The van der Waals surface area contributed by atoms with E-state index in [4.69, 9.17) is 0 Å². The number of carboxylic acids is 1. The van der Waals surface area contributed by atoms with Gasteiger partial charge in [-0.1, -0.05) is 43.3 Å². The minimum Gasteiger partial charge on any atom is -0.550 e. The third-order valence-electron chi connectivity index (χ3n) is 3.30. The number of rotatable bonds is 4. The lowest BCUT2D eigenvalue weighted by atomic mass is 10.3. The van der Waals surface area contributed by atoms with E-state index >= 15 is 0 Å². The van der Waals surface area contributed by atoms with Crippen molar-refractivity contribution in [1.82, 2.24) is 0 Å². The maximum absolute atomic E-state index is 13.2. The van der Waals surface area contributed by atoms with E-state index in [2.05, 4.69) is 24.3 Å². The fourth-order valence-corrected chi connectivity index (χ4v) is 4.18. The first-order valence-corrected chi connectivity index (χ1v) is 9.14. The first kappa shape index (κ1) is 18.7. The van der Waals surface area contributed by atoms with E-state index in [-0.39, 0.29) is 23.1 Å². The second-order valence-electron chi connectivity index (χ2n) is 5.11. The van der Waals surface area contributed by atoms with E-state index in [0.717, 1.165) is 4.90 Å².